The number of fused-ring (bicyclic) bond motifs is 1. The van der Waals surface area contributed by atoms with E-state index in [0.717, 1.165) is 43.4 Å². The summed E-state index contributed by atoms with van der Waals surface area (Å²) in [5, 5.41) is 12.8. The predicted molar refractivity (Wildman–Crippen MR) is 84.0 cm³/mol. The van der Waals surface area contributed by atoms with E-state index in [4.69, 9.17) is 4.98 Å². The molecular weight excluding hydrogens is 260 g/mol. The van der Waals surface area contributed by atoms with Crippen molar-refractivity contribution in [2.45, 2.75) is 50.6 Å². The lowest BCUT2D eigenvalue weighted by Gasteiger charge is -2.36. The third-order valence-corrected chi connectivity index (χ3v) is 4.77. The van der Waals surface area contributed by atoms with E-state index in [0.29, 0.717) is 6.04 Å². The summed E-state index contributed by atoms with van der Waals surface area (Å²) in [6.45, 7) is 2.15. The Balaban J connectivity index is 2.05. The normalized spacial score (nSPS) is 25.9. The van der Waals surface area contributed by atoms with E-state index in [1.54, 1.807) is 0 Å². The summed E-state index contributed by atoms with van der Waals surface area (Å²) in [7, 11) is 1.90. The van der Waals surface area contributed by atoms with Gasteiger partial charge in [-0.25, -0.2) is 4.98 Å². The summed E-state index contributed by atoms with van der Waals surface area (Å²) in [5.74, 6) is 1.13. The average Bonchev–Trinajstić information content (AvgIpc) is 2.93. The molecule has 0 radical (unpaired) electrons. The molecule has 1 N–H and O–H groups in total. The fraction of sp³-hybridized carbons (Fsp3) is 0.529. The van der Waals surface area contributed by atoms with Crippen LogP contribution in [0.4, 0.5) is 0 Å². The molecule has 2 aromatic rings. The monoisotopic (exact) mass is 282 g/mol. The van der Waals surface area contributed by atoms with E-state index in [9.17, 15) is 5.26 Å². The van der Waals surface area contributed by atoms with Gasteiger partial charge < -0.3 is 9.88 Å². The second-order valence-corrected chi connectivity index (χ2v) is 5.93. The number of hydrogen-bond acceptors (Lipinski definition) is 3. The number of imidazole rings is 1. The zero-order chi connectivity index (χ0) is 14.9. The van der Waals surface area contributed by atoms with Gasteiger partial charge in [0.05, 0.1) is 17.1 Å². The first-order valence-electron chi connectivity index (χ1n) is 7.79. The Labute approximate surface area is 125 Å². The van der Waals surface area contributed by atoms with Crippen LogP contribution in [0.25, 0.3) is 11.0 Å². The van der Waals surface area contributed by atoms with Gasteiger partial charge in [-0.1, -0.05) is 19.1 Å². The van der Waals surface area contributed by atoms with Gasteiger partial charge in [0.2, 0.25) is 0 Å². The maximum Gasteiger partial charge on any atom is 0.109 e. The van der Waals surface area contributed by atoms with E-state index in [1.807, 2.05) is 13.1 Å². The van der Waals surface area contributed by atoms with Gasteiger partial charge in [-0.05, 0) is 44.9 Å². The van der Waals surface area contributed by atoms with Crippen LogP contribution < -0.4 is 5.32 Å². The highest BCUT2D eigenvalue weighted by molar-refractivity contribution is 5.76. The van der Waals surface area contributed by atoms with Gasteiger partial charge in [-0.2, -0.15) is 5.26 Å². The van der Waals surface area contributed by atoms with Gasteiger partial charge in [-0.15, -0.1) is 0 Å². The highest BCUT2D eigenvalue weighted by Crippen LogP contribution is 2.37. The molecule has 0 aliphatic heterocycles. The van der Waals surface area contributed by atoms with E-state index >= 15 is 0 Å². The van der Waals surface area contributed by atoms with Crippen LogP contribution in [0.3, 0.4) is 0 Å². The largest absolute Gasteiger partial charge is 0.325 e. The van der Waals surface area contributed by atoms with Gasteiger partial charge in [0.25, 0.3) is 0 Å². The summed E-state index contributed by atoms with van der Waals surface area (Å²) in [5.41, 5.74) is 1.87. The SMILES string of the molecule is CCc1nc2ccccc2n1C1CCCC(C#N)(NC)C1. The van der Waals surface area contributed by atoms with Crippen molar-refractivity contribution in [3.8, 4) is 6.07 Å². The van der Waals surface area contributed by atoms with Crippen LogP contribution in [-0.2, 0) is 6.42 Å². The number of nitrogens with zero attached hydrogens (tertiary/aromatic N) is 3. The van der Waals surface area contributed by atoms with Crippen molar-refractivity contribution in [2.75, 3.05) is 7.05 Å². The summed E-state index contributed by atoms with van der Waals surface area (Å²) in [6.07, 6.45) is 4.91. The van der Waals surface area contributed by atoms with Crippen LogP contribution in [0.5, 0.6) is 0 Å². The first-order chi connectivity index (χ1) is 10.2. The Bertz CT molecular complexity index is 682. The van der Waals surface area contributed by atoms with Crippen molar-refractivity contribution in [3.63, 3.8) is 0 Å². The topological polar surface area (TPSA) is 53.6 Å². The maximum absolute atomic E-state index is 9.56. The Hall–Kier alpha value is -1.86. The standard InChI is InChI=1S/C17H22N4/c1-3-16-20-14-8-4-5-9-15(14)21(16)13-7-6-10-17(11-13,12-18)19-2/h4-5,8-9,13,19H,3,6-7,10-11H2,1-2H3. The summed E-state index contributed by atoms with van der Waals surface area (Å²) in [6, 6.07) is 11.2. The molecule has 1 saturated carbocycles. The van der Waals surface area contributed by atoms with Crippen molar-refractivity contribution in [3.05, 3.63) is 30.1 Å². The molecule has 1 aliphatic rings. The minimum absolute atomic E-state index is 0.355. The van der Waals surface area contributed by atoms with Crippen LogP contribution in [0.1, 0.15) is 44.5 Å². The van der Waals surface area contributed by atoms with Crippen molar-refractivity contribution in [1.29, 1.82) is 5.26 Å². The molecule has 0 amide bonds. The van der Waals surface area contributed by atoms with Crippen LogP contribution in [0, 0.1) is 11.3 Å². The average molecular weight is 282 g/mol. The molecule has 0 spiro atoms. The first-order valence-corrected chi connectivity index (χ1v) is 7.79. The highest BCUT2D eigenvalue weighted by atomic mass is 15.1. The number of nitriles is 1. The fourth-order valence-electron chi connectivity index (χ4n) is 3.60. The lowest BCUT2D eigenvalue weighted by molar-refractivity contribution is 0.242. The molecular formula is C17H22N4. The number of para-hydroxylation sites is 2. The maximum atomic E-state index is 9.56. The molecule has 1 heterocycles. The third kappa shape index (κ3) is 2.32. The Kier molecular flexibility index (Phi) is 3.69. The minimum Gasteiger partial charge on any atom is -0.325 e. The van der Waals surface area contributed by atoms with Crippen LogP contribution in [0.15, 0.2) is 24.3 Å². The molecule has 1 aliphatic carbocycles. The van der Waals surface area contributed by atoms with E-state index in [1.165, 1.54) is 5.52 Å². The second-order valence-electron chi connectivity index (χ2n) is 5.93. The lowest BCUT2D eigenvalue weighted by Crippen LogP contribution is -2.46. The molecule has 1 fully saturated rings. The van der Waals surface area contributed by atoms with Crippen LogP contribution >= 0.6 is 0 Å². The number of nitrogens with one attached hydrogen (secondary N) is 1. The highest BCUT2D eigenvalue weighted by Gasteiger charge is 2.36. The molecule has 0 saturated heterocycles. The van der Waals surface area contributed by atoms with Gasteiger partial charge in [-0.3, -0.25) is 0 Å². The molecule has 4 heteroatoms. The summed E-state index contributed by atoms with van der Waals surface area (Å²) >= 11 is 0. The Morgan fingerprint density at radius 1 is 1.48 bits per heavy atom. The number of benzene rings is 1. The molecule has 2 unspecified atom stereocenters. The molecule has 2 atom stereocenters. The van der Waals surface area contributed by atoms with Gasteiger partial charge in [0.1, 0.15) is 11.4 Å². The lowest BCUT2D eigenvalue weighted by atomic mass is 9.80. The molecule has 0 bridgehead atoms. The van der Waals surface area contributed by atoms with Gasteiger partial charge >= 0.3 is 0 Å². The summed E-state index contributed by atoms with van der Waals surface area (Å²) in [4.78, 5) is 4.77. The molecule has 1 aromatic heterocycles. The van der Waals surface area contributed by atoms with Gasteiger partial charge in [0.15, 0.2) is 0 Å². The van der Waals surface area contributed by atoms with Crippen molar-refractivity contribution in [1.82, 2.24) is 14.9 Å². The van der Waals surface area contributed by atoms with Crippen LogP contribution in [0.2, 0.25) is 0 Å². The molecule has 1 aromatic carbocycles. The molecule has 110 valence electrons. The number of aryl methyl sites for hydroxylation is 1. The molecule has 3 rings (SSSR count). The zero-order valence-electron chi connectivity index (χ0n) is 12.8. The minimum atomic E-state index is -0.390. The van der Waals surface area contributed by atoms with Crippen LogP contribution in [-0.4, -0.2) is 22.1 Å². The fourth-order valence-corrected chi connectivity index (χ4v) is 3.60. The third-order valence-electron chi connectivity index (χ3n) is 4.77. The molecule has 21 heavy (non-hydrogen) atoms. The summed E-state index contributed by atoms with van der Waals surface area (Å²) < 4.78 is 2.37. The van der Waals surface area contributed by atoms with Crippen molar-refractivity contribution >= 4 is 11.0 Å². The predicted octanol–water partition coefficient (Wildman–Crippen LogP) is 3.20. The Morgan fingerprint density at radius 2 is 2.29 bits per heavy atom. The van der Waals surface area contributed by atoms with Crippen molar-refractivity contribution < 1.29 is 0 Å². The van der Waals surface area contributed by atoms with Gasteiger partial charge in [0, 0.05) is 12.5 Å². The first kappa shape index (κ1) is 14.1. The number of aromatic nitrogens is 2. The smallest absolute Gasteiger partial charge is 0.109 e. The number of hydrogen-bond donors (Lipinski definition) is 1. The van der Waals surface area contributed by atoms with E-state index in [-0.39, 0.29) is 5.54 Å². The quantitative estimate of drug-likeness (QED) is 0.940. The molecule has 4 nitrogen and oxygen atoms in total. The second kappa shape index (κ2) is 5.50. The number of rotatable bonds is 3. The van der Waals surface area contributed by atoms with E-state index < -0.39 is 0 Å². The Morgan fingerprint density at radius 3 is 3.00 bits per heavy atom. The zero-order valence-corrected chi connectivity index (χ0v) is 12.8. The van der Waals surface area contributed by atoms with Crippen molar-refractivity contribution in [2.24, 2.45) is 0 Å². The van der Waals surface area contributed by atoms with E-state index in [2.05, 4.69) is 41.1 Å².